The normalized spacial score (nSPS) is 17.6. The molecule has 0 fully saturated rings. The van der Waals surface area contributed by atoms with Crippen molar-refractivity contribution in [2.75, 3.05) is 25.1 Å². The van der Waals surface area contributed by atoms with Crippen LogP contribution in [0.1, 0.15) is 48.6 Å². The first-order chi connectivity index (χ1) is 14.2. The number of carbonyl (C=O) groups excluding carboxylic acids is 1. The highest BCUT2D eigenvalue weighted by atomic mass is 16.5. The van der Waals surface area contributed by atoms with Crippen molar-refractivity contribution < 1.29 is 14.3 Å². The highest BCUT2D eigenvalue weighted by molar-refractivity contribution is 5.69. The maximum atomic E-state index is 11.7. The van der Waals surface area contributed by atoms with E-state index >= 15 is 0 Å². The summed E-state index contributed by atoms with van der Waals surface area (Å²) in [6.07, 6.45) is 6.58. The zero-order chi connectivity index (χ0) is 20.1. The Bertz CT molecular complexity index is 865. The van der Waals surface area contributed by atoms with Gasteiger partial charge in [0.25, 0.3) is 0 Å². The van der Waals surface area contributed by atoms with E-state index in [-0.39, 0.29) is 5.97 Å². The van der Waals surface area contributed by atoms with Crippen molar-refractivity contribution in [3.63, 3.8) is 0 Å². The van der Waals surface area contributed by atoms with E-state index in [4.69, 9.17) is 14.5 Å². The van der Waals surface area contributed by atoms with Gasteiger partial charge in [-0.3, -0.25) is 4.79 Å². The van der Waals surface area contributed by atoms with Crippen molar-refractivity contribution in [2.24, 2.45) is 5.92 Å². The van der Waals surface area contributed by atoms with E-state index in [9.17, 15) is 4.79 Å². The number of aromatic nitrogens is 1. The van der Waals surface area contributed by atoms with Crippen molar-refractivity contribution in [3.8, 4) is 5.75 Å². The molecule has 0 saturated carbocycles. The average Bonchev–Trinajstić information content (AvgIpc) is 2.74. The van der Waals surface area contributed by atoms with Gasteiger partial charge in [-0.05, 0) is 79.8 Å². The number of carbonyl (C=O) groups is 1. The predicted molar refractivity (Wildman–Crippen MR) is 113 cm³/mol. The third kappa shape index (κ3) is 5.08. The van der Waals surface area contributed by atoms with Crippen LogP contribution in [0.5, 0.6) is 5.75 Å². The molecule has 29 heavy (non-hydrogen) atoms. The molecule has 154 valence electrons. The fraction of sp³-hybridized carbons (Fsp3) is 0.500. The Hall–Kier alpha value is -2.56. The van der Waals surface area contributed by atoms with E-state index < -0.39 is 0 Å². The molecule has 0 amide bonds. The molecule has 1 aliphatic carbocycles. The highest BCUT2D eigenvalue weighted by Gasteiger charge is 2.22. The number of benzene rings is 1. The van der Waals surface area contributed by atoms with Crippen molar-refractivity contribution >= 4 is 11.8 Å². The molecule has 2 aromatic rings. The number of esters is 1. The van der Waals surface area contributed by atoms with Gasteiger partial charge in [-0.15, -0.1) is 0 Å². The molecule has 5 nitrogen and oxygen atoms in total. The number of fused-ring (bicyclic) bond motifs is 2. The predicted octanol–water partition coefficient (Wildman–Crippen LogP) is 4.12. The second-order valence-corrected chi connectivity index (χ2v) is 7.99. The minimum absolute atomic E-state index is 0.0770. The molecular formula is C24H30N2O3. The molecule has 1 atom stereocenters. The van der Waals surface area contributed by atoms with E-state index in [2.05, 4.69) is 29.6 Å². The summed E-state index contributed by atoms with van der Waals surface area (Å²) in [7, 11) is 0. The van der Waals surface area contributed by atoms with Crippen molar-refractivity contribution in [1.82, 2.24) is 4.98 Å². The Morgan fingerprint density at radius 1 is 1.17 bits per heavy atom. The molecule has 1 N–H and O–H groups in total. The number of nitrogens with zero attached hydrogens (tertiary/aromatic N) is 1. The van der Waals surface area contributed by atoms with Crippen LogP contribution in [0.25, 0.3) is 0 Å². The summed E-state index contributed by atoms with van der Waals surface area (Å²) in [5.74, 6) is 2.27. The number of aryl methyl sites for hydroxylation is 2. The molecular weight excluding hydrogens is 364 g/mol. The van der Waals surface area contributed by atoms with E-state index in [0.29, 0.717) is 25.6 Å². The minimum Gasteiger partial charge on any atom is -0.493 e. The molecule has 1 unspecified atom stereocenters. The van der Waals surface area contributed by atoms with Crippen LogP contribution in [0.15, 0.2) is 30.3 Å². The lowest BCUT2D eigenvalue weighted by atomic mass is 9.82. The van der Waals surface area contributed by atoms with Gasteiger partial charge in [-0.25, -0.2) is 4.98 Å². The fourth-order valence-electron chi connectivity index (χ4n) is 4.31. The Labute approximate surface area is 172 Å². The molecule has 0 saturated heterocycles. The lowest BCUT2D eigenvalue weighted by molar-refractivity contribution is -0.144. The quantitative estimate of drug-likeness (QED) is 0.716. The van der Waals surface area contributed by atoms with Gasteiger partial charge in [-0.2, -0.15) is 0 Å². The highest BCUT2D eigenvalue weighted by Crippen LogP contribution is 2.30. The number of pyridine rings is 1. The Morgan fingerprint density at radius 2 is 2.07 bits per heavy atom. The van der Waals surface area contributed by atoms with Gasteiger partial charge in [0, 0.05) is 25.1 Å². The summed E-state index contributed by atoms with van der Waals surface area (Å²) in [6, 6.07) is 10.7. The van der Waals surface area contributed by atoms with Crippen LogP contribution in [0.2, 0.25) is 0 Å². The monoisotopic (exact) mass is 394 g/mol. The van der Waals surface area contributed by atoms with Crippen molar-refractivity contribution in [1.29, 1.82) is 0 Å². The van der Waals surface area contributed by atoms with Gasteiger partial charge in [0.1, 0.15) is 11.6 Å². The molecule has 1 aromatic heterocycles. The second-order valence-electron chi connectivity index (χ2n) is 7.99. The molecule has 1 aliphatic heterocycles. The molecule has 1 aromatic carbocycles. The van der Waals surface area contributed by atoms with E-state index in [1.807, 2.05) is 13.0 Å². The molecule has 0 spiro atoms. The average molecular weight is 395 g/mol. The van der Waals surface area contributed by atoms with E-state index in [1.165, 1.54) is 23.1 Å². The summed E-state index contributed by atoms with van der Waals surface area (Å²) in [6.45, 7) is 3.94. The SMILES string of the molecule is CCOC(=O)CC1CCc2cc(OCCc3ccc4c(n3)NCCC4)ccc2C1. The standard InChI is InChI=1S/C24H30N2O3/c1-2-28-23(27)15-17-5-6-20-16-22(10-8-19(20)14-17)29-13-11-21-9-7-18-4-3-12-25-24(18)26-21/h7-10,16-17H,2-6,11-15H2,1H3,(H,25,26). The molecule has 0 bridgehead atoms. The first-order valence-electron chi connectivity index (χ1n) is 10.8. The smallest absolute Gasteiger partial charge is 0.306 e. The molecule has 0 radical (unpaired) electrons. The minimum atomic E-state index is -0.0770. The van der Waals surface area contributed by atoms with Crippen molar-refractivity contribution in [2.45, 2.75) is 51.9 Å². The van der Waals surface area contributed by atoms with Gasteiger partial charge >= 0.3 is 5.97 Å². The van der Waals surface area contributed by atoms with Gasteiger partial charge in [-0.1, -0.05) is 12.1 Å². The Kier molecular flexibility index (Phi) is 6.33. The van der Waals surface area contributed by atoms with Crippen molar-refractivity contribution in [3.05, 3.63) is 52.7 Å². The fourth-order valence-corrected chi connectivity index (χ4v) is 4.31. The third-order valence-corrected chi connectivity index (χ3v) is 5.85. The van der Waals surface area contributed by atoms with Crippen LogP contribution in [-0.4, -0.2) is 30.7 Å². The lowest BCUT2D eigenvalue weighted by Crippen LogP contribution is -2.19. The van der Waals surface area contributed by atoms with Gasteiger partial charge in [0.15, 0.2) is 0 Å². The summed E-state index contributed by atoms with van der Waals surface area (Å²) >= 11 is 0. The van der Waals surface area contributed by atoms with Gasteiger partial charge in [0.05, 0.1) is 13.2 Å². The second kappa shape index (κ2) is 9.29. The topological polar surface area (TPSA) is 60.5 Å². The number of anilines is 1. The maximum absolute atomic E-state index is 11.7. The van der Waals surface area contributed by atoms with Crippen LogP contribution in [0.3, 0.4) is 0 Å². The molecule has 4 rings (SSSR count). The maximum Gasteiger partial charge on any atom is 0.306 e. The van der Waals surface area contributed by atoms with Crippen LogP contribution in [0.4, 0.5) is 5.82 Å². The first kappa shape index (κ1) is 19.7. The van der Waals surface area contributed by atoms with E-state index in [0.717, 1.165) is 55.9 Å². The molecule has 5 heteroatoms. The summed E-state index contributed by atoms with van der Waals surface area (Å²) in [5.41, 5.74) is 5.06. The number of nitrogens with one attached hydrogen (secondary N) is 1. The van der Waals surface area contributed by atoms with Crippen LogP contribution >= 0.6 is 0 Å². The number of rotatable bonds is 7. The number of hydrogen-bond donors (Lipinski definition) is 1. The zero-order valence-corrected chi connectivity index (χ0v) is 17.2. The van der Waals surface area contributed by atoms with Gasteiger partial charge in [0.2, 0.25) is 0 Å². The zero-order valence-electron chi connectivity index (χ0n) is 17.2. The first-order valence-corrected chi connectivity index (χ1v) is 10.8. The number of hydrogen-bond acceptors (Lipinski definition) is 5. The summed E-state index contributed by atoms with van der Waals surface area (Å²) in [5, 5.41) is 3.39. The van der Waals surface area contributed by atoms with Crippen LogP contribution in [0, 0.1) is 5.92 Å². The van der Waals surface area contributed by atoms with Crippen LogP contribution in [-0.2, 0) is 35.2 Å². The molecule has 2 heterocycles. The van der Waals surface area contributed by atoms with E-state index in [1.54, 1.807) is 0 Å². The molecule has 2 aliphatic rings. The Balaban J connectivity index is 1.29. The van der Waals surface area contributed by atoms with Crippen LogP contribution < -0.4 is 10.1 Å². The Morgan fingerprint density at radius 3 is 2.97 bits per heavy atom. The summed E-state index contributed by atoms with van der Waals surface area (Å²) < 4.78 is 11.1. The largest absolute Gasteiger partial charge is 0.493 e. The van der Waals surface area contributed by atoms with Gasteiger partial charge < -0.3 is 14.8 Å². The lowest BCUT2D eigenvalue weighted by Gasteiger charge is -2.24. The summed E-state index contributed by atoms with van der Waals surface area (Å²) in [4.78, 5) is 16.5. The number of ether oxygens (including phenoxy) is 2. The third-order valence-electron chi connectivity index (χ3n) is 5.85.